The molecule has 2 aromatic heterocycles. The first-order valence-electron chi connectivity index (χ1n) is 8.65. The van der Waals surface area contributed by atoms with Crippen molar-refractivity contribution in [3.63, 3.8) is 0 Å². The third-order valence-corrected chi connectivity index (χ3v) is 5.28. The number of carbonyl (C=O) groups is 1. The highest BCUT2D eigenvalue weighted by Crippen LogP contribution is 2.31. The fourth-order valence-corrected chi connectivity index (χ4v) is 3.94. The van der Waals surface area contributed by atoms with Gasteiger partial charge in [-0.1, -0.05) is 24.3 Å². The first-order valence-corrected chi connectivity index (χ1v) is 9.47. The summed E-state index contributed by atoms with van der Waals surface area (Å²) in [6.07, 6.45) is -3.01. The quantitative estimate of drug-likeness (QED) is 0.515. The lowest BCUT2D eigenvalue weighted by atomic mass is 10.1. The van der Waals surface area contributed by atoms with Gasteiger partial charge in [0, 0.05) is 25.4 Å². The Morgan fingerprint density at radius 3 is 2.55 bits per heavy atom. The van der Waals surface area contributed by atoms with Crippen LogP contribution in [0.1, 0.15) is 26.6 Å². The van der Waals surface area contributed by atoms with Crippen LogP contribution in [0.4, 0.5) is 18.9 Å². The first-order chi connectivity index (χ1) is 13.8. The fourth-order valence-electron chi connectivity index (χ4n) is 2.94. The SMILES string of the molecule is Cn1cc(C(=O)Nc2ccc(Cc3nc4ccccc4s3)cc2)c(C(F)(F)F)n1. The van der Waals surface area contributed by atoms with E-state index >= 15 is 0 Å². The van der Waals surface area contributed by atoms with Crippen LogP contribution in [0, 0.1) is 0 Å². The minimum absolute atomic E-state index is 0.403. The van der Waals surface area contributed by atoms with Gasteiger partial charge in [-0.2, -0.15) is 18.3 Å². The number of amides is 1. The predicted molar refractivity (Wildman–Crippen MR) is 105 cm³/mol. The van der Waals surface area contributed by atoms with E-state index in [1.165, 1.54) is 7.05 Å². The van der Waals surface area contributed by atoms with Crippen molar-refractivity contribution in [2.75, 3.05) is 5.32 Å². The van der Waals surface area contributed by atoms with Crippen LogP contribution in [0.15, 0.2) is 54.7 Å². The van der Waals surface area contributed by atoms with Crippen molar-refractivity contribution >= 4 is 33.1 Å². The number of nitrogens with one attached hydrogen (secondary N) is 1. The zero-order valence-electron chi connectivity index (χ0n) is 15.2. The van der Waals surface area contributed by atoms with Gasteiger partial charge in [-0.25, -0.2) is 4.98 Å². The van der Waals surface area contributed by atoms with Gasteiger partial charge in [-0.05, 0) is 29.8 Å². The third kappa shape index (κ3) is 4.14. The summed E-state index contributed by atoms with van der Waals surface area (Å²) in [6, 6.07) is 14.8. The van der Waals surface area contributed by atoms with Crippen LogP contribution in [0.2, 0.25) is 0 Å². The number of halogens is 3. The third-order valence-electron chi connectivity index (χ3n) is 4.25. The summed E-state index contributed by atoms with van der Waals surface area (Å²) in [6.45, 7) is 0. The molecule has 0 radical (unpaired) electrons. The van der Waals surface area contributed by atoms with Crippen molar-refractivity contribution in [3.05, 3.63) is 76.6 Å². The second kappa shape index (κ2) is 7.32. The molecule has 0 aliphatic rings. The maximum atomic E-state index is 13.0. The van der Waals surface area contributed by atoms with Crippen molar-refractivity contribution in [2.45, 2.75) is 12.6 Å². The zero-order chi connectivity index (χ0) is 20.6. The van der Waals surface area contributed by atoms with Crippen LogP contribution in [-0.2, 0) is 19.6 Å². The van der Waals surface area contributed by atoms with Crippen molar-refractivity contribution < 1.29 is 18.0 Å². The topological polar surface area (TPSA) is 59.8 Å². The second-order valence-electron chi connectivity index (χ2n) is 6.47. The van der Waals surface area contributed by atoms with E-state index < -0.39 is 23.3 Å². The molecule has 0 saturated carbocycles. The summed E-state index contributed by atoms with van der Waals surface area (Å²) in [5, 5.41) is 6.81. The standard InChI is InChI=1S/C20H15F3N4OS/c1-27-11-14(18(26-27)20(21,22)23)19(28)24-13-8-6-12(7-9-13)10-17-25-15-4-2-3-5-16(15)29-17/h2-9,11H,10H2,1H3,(H,24,28). The Morgan fingerprint density at radius 2 is 1.86 bits per heavy atom. The molecule has 0 aliphatic carbocycles. The summed E-state index contributed by atoms with van der Waals surface area (Å²) in [4.78, 5) is 16.9. The van der Waals surface area contributed by atoms with Crippen LogP contribution < -0.4 is 5.32 Å². The Kier molecular flexibility index (Phi) is 4.83. The van der Waals surface area contributed by atoms with Crippen LogP contribution in [0.25, 0.3) is 10.2 Å². The molecule has 0 atom stereocenters. The number of benzene rings is 2. The number of anilines is 1. The number of thiazole rings is 1. The lowest BCUT2D eigenvalue weighted by Crippen LogP contribution is -2.17. The number of aryl methyl sites for hydroxylation is 1. The molecular formula is C20H15F3N4OS. The van der Waals surface area contributed by atoms with E-state index in [9.17, 15) is 18.0 Å². The van der Waals surface area contributed by atoms with Gasteiger partial charge in [-0.15, -0.1) is 11.3 Å². The van der Waals surface area contributed by atoms with Crippen molar-refractivity contribution in [1.29, 1.82) is 0 Å². The highest BCUT2D eigenvalue weighted by atomic mass is 32.1. The number of nitrogens with zero attached hydrogens (tertiary/aromatic N) is 3. The van der Waals surface area contributed by atoms with Crippen molar-refractivity contribution in [2.24, 2.45) is 7.05 Å². The van der Waals surface area contributed by atoms with E-state index in [1.54, 1.807) is 23.5 Å². The number of rotatable bonds is 4. The number of hydrogen-bond donors (Lipinski definition) is 1. The molecule has 1 amide bonds. The smallest absolute Gasteiger partial charge is 0.322 e. The Balaban J connectivity index is 1.48. The van der Waals surface area contributed by atoms with Crippen LogP contribution in [0.3, 0.4) is 0 Å². The Hall–Kier alpha value is -3.20. The normalized spacial score (nSPS) is 11.7. The van der Waals surface area contributed by atoms with Gasteiger partial charge in [0.1, 0.15) is 0 Å². The Labute approximate surface area is 167 Å². The molecule has 1 N–H and O–H groups in total. The molecule has 4 rings (SSSR count). The molecule has 9 heteroatoms. The minimum atomic E-state index is -4.70. The van der Waals surface area contributed by atoms with Crippen LogP contribution >= 0.6 is 11.3 Å². The predicted octanol–water partition coefficient (Wildman–Crippen LogP) is 4.89. The maximum absolute atomic E-state index is 13.0. The molecule has 0 aliphatic heterocycles. The summed E-state index contributed by atoms with van der Waals surface area (Å²) in [7, 11) is 1.34. The lowest BCUT2D eigenvalue weighted by Gasteiger charge is -2.08. The molecule has 5 nitrogen and oxygen atoms in total. The van der Waals surface area contributed by atoms with Crippen molar-refractivity contribution in [1.82, 2.24) is 14.8 Å². The zero-order valence-corrected chi connectivity index (χ0v) is 16.0. The van der Waals surface area contributed by atoms with Crippen LogP contribution in [0.5, 0.6) is 0 Å². The second-order valence-corrected chi connectivity index (χ2v) is 7.58. The van der Waals surface area contributed by atoms with E-state index in [2.05, 4.69) is 15.4 Å². The minimum Gasteiger partial charge on any atom is -0.322 e. The largest absolute Gasteiger partial charge is 0.435 e. The first kappa shape index (κ1) is 19.1. The van der Waals surface area contributed by atoms with Gasteiger partial charge in [0.2, 0.25) is 0 Å². The summed E-state index contributed by atoms with van der Waals surface area (Å²) >= 11 is 1.61. The molecule has 0 spiro atoms. The summed E-state index contributed by atoms with van der Waals surface area (Å²) in [5.74, 6) is -0.857. The molecule has 4 aromatic rings. The maximum Gasteiger partial charge on any atom is 0.435 e. The van der Waals surface area contributed by atoms with E-state index in [0.29, 0.717) is 12.1 Å². The number of carbonyl (C=O) groups excluding carboxylic acids is 1. The van der Waals surface area contributed by atoms with Crippen molar-refractivity contribution in [3.8, 4) is 0 Å². The lowest BCUT2D eigenvalue weighted by molar-refractivity contribution is -0.141. The van der Waals surface area contributed by atoms with E-state index in [4.69, 9.17) is 0 Å². The summed E-state index contributed by atoms with van der Waals surface area (Å²) in [5.41, 5.74) is 0.622. The van der Waals surface area contributed by atoms with E-state index in [0.717, 1.165) is 31.7 Å². The average Bonchev–Trinajstić information content (AvgIpc) is 3.26. The number of aromatic nitrogens is 3. The number of alkyl halides is 3. The Bertz CT molecular complexity index is 1150. The highest BCUT2D eigenvalue weighted by Gasteiger charge is 2.39. The molecule has 2 aromatic carbocycles. The summed E-state index contributed by atoms with van der Waals surface area (Å²) < 4.78 is 41.2. The number of fused-ring (bicyclic) bond motifs is 1. The average molecular weight is 416 g/mol. The molecule has 0 fully saturated rings. The monoisotopic (exact) mass is 416 g/mol. The van der Waals surface area contributed by atoms with E-state index in [-0.39, 0.29) is 0 Å². The molecule has 2 heterocycles. The molecule has 0 bridgehead atoms. The number of para-hydroxylation sites is 1. The number of hydrogen-bond acceptors (Lipinski definition) is 4. The molecule has 148 valence electrons. The van der Waals surface area contributed by atoms with Crippen LogP contribution in [-0.4, -0.2) is 20.7 Å². The molecule has 0 saturated heterocycles. The molecule has 29 heavy (non-hydrogen) atoms. The molecular weight excluding hydrogens is 401 g/mol. The van der Waals surface area contributed by atoms with Gasteiger partial charge in [0.05, 0.1) is 20.8 Å². The Morgan fingerprint density at radius 1 is 1.14 bits per heavy atom. The van der Waals surface area contributed by atoms with Gasteiger partial charge >= 0.3 is 6.18 Å². The fraction of sp³-hybridized carbons (Fsp3) is 0.150. The molecule has 0 unspecified atom stereocenters. The van der Waals surface area contributed by atoms with Gasteiger partial charge in [0.15, 0.2) is 5.69 Å². The highest BCUT2D eigenvalue weighted by molar-refractivity contribution is 7.18. The van der Waals surface area contributed by atoms with Gasteiger partial charge < -0.3 is 5.32 Å². The van der Waals surface area contributed by atoms with Gasteiger partial charge in [0.25, 0.3) is 5.91 Å². The van der Waals surface area contributed by atoms with Gasteiger partial charge in [-0.3, -0.25) is 9.48 Å². The van der Waals surface area contributed by atoms with E-state index in [1.807, 2.05) is 36.4 Å².